The Morgan fingerprint density at radius 2 is 1.66 bits per heavy atom. The van der Waals surface area contributed by atoms with Crippen LogP contribution >= 0.6 is 0 Å². The van der Waals surface area contributed by atoms with Gasteiger partial charge in [0.15, 0.2) is 0 Å². The predicted octanol–water partition coefficient (Wildman–Crippen LogP) is 2.61. The maximum Gasteiger partial charge on any atom is 0.245 e. The monoisotopic (exact) mass is 397 g/mol. The van der Waals surface area contributed by atoms with Crippen LogP contribution in [0.3, 0.4) is 0 Å². The Hall–Kier alpha value is -1.88. The molecule has 1 aromatic carbocycles. The average molecular weight is 398 g/mol. The first-order valence-corrected chi connectivity index (χ1v) is 11.2. The normalized spacial score (nSPS) is 30.8. The molecule has 0 aromatic heterocycles. The first-order chi connectivity index (χ1) is 14.0. The van der Waals surface area contributed by atoms with Gasteiger partial charge in [-0.2, -0.15) is 0 Å². The first-order valence-electron chi connectivity index (χ1n) is 11.2. The minimum absolute atomic E-state index is 0.00202. The van der Waals surface area contributed by atoms with Crippen molar-refractivity contribution in [3.8, 4) is 0 Å². The van der Waals surface area contributed by atoms with E-state index in [-0.39, 0.29) is 17.2 Å². The molecule has 5 rings (SSSR count). The van der Waals surface area contributed by atoms with Crippen LogP contribution in [0.1, 0.15) is 44.1 Å². The third-order valence-electron chi connectivity index (χ3n) is 7.48. The summed E-state index contributed by atoms with van der Waals surface area (Å²) < 4.78 is 0. The molecule has 4 aliphatic rings. The van der Waals surface area contributed by atoms with E-state index in [1.807, 2.05) is 44.4 Å². The number of nitrogens with one attached hydrogen (secondary N) is 2. The van der Waals surface area contributed by atoms with Gasteiger partial charge in [0.2, 0.25) is 11.8 Å². The van der Waals surface area contributed by atoms with Crippen LogP contribution in [0, 0.1) is 23.2 Å². The maximum atomic E-state index is 13.5. The van der Waals surface area contributed by atoms with Crippen LogP contribution < -0.4 is 10.6 Å². The van der Waals surface area contributed by atoms with E-state index in [9.17, 15) is 9.59 Å². The third kappa shape index (κ3) is 4.35. The van der Waals surface area contributed by atoms with Gasteiger partial charge in [-0.05, 0) is 68.9 Å². The molecule has 0 saturated heterocycles. The third-order valence-corrected chi connectivity index (χ3v) is 7.48. The first kappa shape index (κ1) is 20.4. The molecule has 2 amide bonds. The second kappa shape index (κ2) is 8.47. The van der Waals surface area contributed by atoms with Crippen molar-refractivity contribution in [3.05, 3.63) is 35.9 Å². The molecule has 1 atom stereocenters. The van der Waals surface area contributed by atoms with Crippen molar-refractivity contribution in [1.29, 1.82) is 0 Å². The van der Waals surface area contributed by atoms with Crippen LogP contribution in [0.15, 0.2) is 30.3 Å². The summed E-state index contributed by atoms with van der Waals surface area (Å²) in [6.45, 7) is 1.37. The van der Waals surface area contributed by atoms with E-state index in [1.54, 1.807) is 4.90 Å². The number of likely N-dealkylation sites (N-methyl/N-ethyl adjacent to an activating group) is 2. The van der Waals surface area contributed by atoms with Gasteiger partial charge in [0.05, 0.1) is 0 Å². The molecule has 5 heteroatoms. The van der Waals surface area contributed by atoms with Crippen LogP contribution in [0.4, 0.5) is 0 Å². The van der Waals surface area contributed by atoms with Gasteiger partial charge in [-0.1, -0.05) is 30.3 Å². The van der Waals surface area contributed by atoms with E-state index < -0.39 is 6.04 Å². The zero-order valence-electron chi connectivity index (χ0n) is 17.8. The van der Waals surface area contributed by atoms with Gasteiger partial charge < -0.3 is 15.5 Å². The summed E-state index contributed by atoms with van der Waals surface area (Å²) in [4.78, 5) is 28.5. The Bertz CT molecular complexity index is 698. The van der Waals surface area contributed by atoms with Crippen LogP contribution in [-0.2, 0) is 16.0 Å². The molecule has 158 valence electrons. The predicted molar refractivity (Wildman–Crippen MR) is 114 cm³/mol. The van der Waals surface area contributed by atoms with E-state index >= 15 is 0 Å². The molecule has 1 unspecified atom stereocenters. The summed E-state index contributed by atoms with van der Waals surface area (Å²) in [6, 6.07) is 9.52. The van der Waals surface area contributed by atoms with E-state index in [4.69, 9.17) is 0 Å². The number of amides is 2. The quantitative estimate of drug-likeness (QED) is 0.709. The smallest absolute Gasteiger partial charge is 0.245 e. The van der Waals surface area contributed by atoms with Crippen LogP contribution in [0.25, 0.3) is 0 Å². The van der Waals surface area contributed by atoms with Gasteiger partial charge in [0.1, 0.15) is 6.04 Å². The van der Waals surface area contributed by atoms with Crippen LogP contribution in [-0.4, -0.2) is 49.9 Å². The highest BCUT2D eigenvalue weighted by molar-refractivity contribution is 5.90. The van der Waals surface area contributed by atoms with E-state index in [1.165, 1.54) is 19.3 Å². The van der Waals surface area contributed by atoms with Crippen molar-refractivity contribution in [1.82, 2.24) is 15.5 Å². The highest BCUT2D eigenvalue weighted by Gasteiger charge is 2.55. The highest BCUT2D eigenvalue weighted by Crippen LogP contribution is 2.60. The standard InChI is InChI=1S/C24H35N3O2/c1-25-8-9-27(2)22(28)21(13-17-6-4-3-5-7-17)26-23(29)24-14-18-10-19(15-24)12-20(11-18)16-24/h3-7,18-21,25H,8-16H2,1-2H3,(H,26,29). The molecule has 4 bridgehead atoms. The molecule has 5 nitrogen and oxygen atoms in total. The topological polar surface area (TPSA) is 61.4 Å². The molecule has 4 aliphatic carbocycles. The molecule has 0 heterocycles. The fraction of sp³-hybridized carbons (Fsp3) is 0.667. The summed E-state index contributed by atoms with van der Waals surface area (Å²) in [5.74, 6) is 2.28. The Morgan fingerprint density at radius 1 is 1.07 bits per heavy atom. The molecule has 4 fully saturated rings. The van der Waals surface area contributed by atoms with Gasteiger partial charge >= 0.3 is 0 Å². The Kier molecular flexibility index (Phi) is 5.95. The number of carbonyl (C=O) groups excluding carboxylic acids is 2. The lowest BCUT2D eigenvalue weighted by atomic mass is 9.49. The minimum Gasteiger partial charge on any atom is -0.343 e. The van der Waals surface area contributed by atoms with Gasteiger partial charge in [-0.3, -0.25) is 9.59 Å². The van der Waals surface area contributed by atoms with Crippen molar-refractivity contribution in [2.75, 3.05) is 27.2 Å². The van der Waals surface area contributed by atoms with Crippen LogP contribution in [0.2, 0.25) is 0 Å². The number of carbonyl (C=O) groups is 2. The summed E-state index contributed by atoms with van der Waals surface area (Å²) in [6.07, 6.45) is 7.54. The average Bonchev–Trinajstić information content (AvgIpc) is 2.70. The minimum atomic E-state index is -0.500. The molecular formula is C24H35N3O2. The fourth-order valence-electron chi connectivity index (χ4n) is 6.41. The second-order valence-corrected chi connectivity index (χ2v) is 9.78. The van der Waals surface area contributed by atoms with Gasteiger partial charge in [-0.15, -0.1) is 0 Å². The fourth-order valence-corrected chi connectivity index (χ4v) is 6.41. The molecule has 0 radical (unpaired) electrons. The molecule has 4 saturated carbocycles. The Balaban J connectivity index is 1.50. The second-order valence-electron chi connectivity index (χ2n) is 9.78. The molecule has 1 aromatic rings. The maximum absolute atomic E-state index is 13.5. The zero-order chi connectivity index (χ0) is 20.4. The summed E-state index contributed by atoms with van der Waals surface area (Å²) >= 11 is 0. The van der Waals surface area contributed by atoms with Gasteiger partial charge in [0.25, 0.3) is 0 Å². The number of rotatable bonds is 8. The van der Waals surface area contributed by atoms with Crippen LogP contribution in [0.5, 0.6) is 0 Å². The zero-order valence-corrected chi connectivity index (χ0v) is 17.8. The number of hydrogen-bond acceptors (Lipinski definition) is 3. The number of hydrogen-bond donors (Lipinski definition) is 2. The summed E-state index contributed by atoms with van der Waals surface area (Å²) in [5.41, 5.74) is 0.853. The van der Waals surface area contributed by atoms with Crippen molar-refractivity contribution in [2.24, 2.45) is 23.2 Å². The molecule has 0 aliphatic heterocycles. The highest BCUT2D eigenvalue weighted by atomic mass is 16.2. The van der Waals surface area contributed by atoms with E-state index in [2.05, 4.69) is 10.6 Å². The van der Waals surface area contributed by atoms with Crippen molar-refractivity contribution in [2.45, 2.75) is 51.0 Å². The summed E-state index contributed by atoms with van der Waals surface area (Å²) in [5, 5.41) is 6.32. The lowest BCUT2D eigenvalue weighted by Crippen LogP contribution is -2.58. The van der Waals surface area contributed by atoms with E-state index in [0.717, 1.165) is 31.4 Å². The Labute approximate surface area is 174 Å². The van der Waals surface area contributed by atoms with Gasteiger partial charge in [0, 0.05) is 32.0 Å². The van der Waals surface area contributed by atoms with Crippen molar-refractivity contribution < 1.29 is 9.59 Å². The lowest BCUT2D eigenvalue weighted by molar-refractivity contribution is -0.149. The van der Waals surface area contributed by atoms with Gasteiger partial charge in [-0.25, -0.2) is 0 Å². The molecule has 0 spiro atoms. The number of nitrogens with zero attached hydrogens (tertiary/aromatic N) is 1. The van der Waals surface area contributed by atoms with Crippen molar-refractivity contribution >= 4 is 11.8 Å². The summed E-state index contributed by atoms with van der Waals surface area (Å²) in [7, 11) is 3.71. The van der Waals surface area contributed by atoms with Crippen molar-refractivity contribution in [3.63, 3.8) is 0 Å². The molecule has 29 heavy (non-hydrogen) atoms. The molecular weight excluding hydrogens is 362 g/mol. The molecule has 2 N–H and O–H groups in total. The SMILES string of the molecule is CNCCN(C)C(=O)C(Cc1ccccc1)NC(=O)C12CC3CC(CC(C3)C1)C2. The number of benzene rings is 1. The largest absolute Gasteiger partial charge is 0.343 e. The Morgan fingerprint density at radius 3 is 2.21 bits per heavy atom. The lowest BCUT2D eigenvalue weighted by Gasteiger charge is -2.55. The van der Waals surface area contributed by atoms with E-state index in [0.29, 0.717) is 30.7 Å².